The second-order valence-electron chi connectivity index (χ2n) is 4.86. The first-order valence-electron chi connectivity index (χ1n) is 6.66. The van der Waals surface area contributed by atoms with Gasteiger partial charge in [-0.2, -0.15) is 0 Å². The molecular formula is C15H14Cl2N2O4S. The highest BCUT2D eigenvalue weighted by molar-refractivity contribution is 7.92. The number of nitrogens with zero attached hydrogens (tertiary/aromatic N) is 1. The van der Waals surface area contributed by atoms with Crippen molar-refractivity contribution < 1.29 is 18.4 Å². The molecule has 0 spiro atoms. The number of amidine groups is 1. The molecule has 3 N–H and O–H groups in total. The molecule has 1 unspecified atom stereocenters. The lowest BCUT2D eigenvalue weighted by Crippen LogP contribution is -2.41. The van der Waals surface area contributed by atoms with Crippen molar-refractivity contribution in [2.45, 2.75) is 17.3 Å². The van der Waals surface area contributed by atoms with Gasteiger partial charge in [0, 0.05) is 5.02 Å². The Morgan fingerprint density at radius 3 is 2.50 bits per heavy atom. The van der Waals surface area contributed by atoms with E-state index in [1.54, 1.807) is 25.1 Å². The maximum Gasteiger partial charge on any atom is 0.263 e. The van der Waals surface area contributed by atoms with Gasteiger partial charge in [0.1, 0.15) is 5.75 Å². The van der Waals surface area contributed by atoms with E-state index in [4.69, 9.17) is 38.9 Å². The first-order chi connectivity index (χ1) is 11.3. The van der Waals surface area contributed by atoms with E-state index in [-0.39, 0.29) is 15.7 Å². The number of rotatable bonds is 5. The molecule has 0 bridgehead atoms. The van der Waals surface area contributed by atoms with Gasteiger partial charge in [0.15, 0.2) is 5.84 Å². The highest BCUT2D eigenvalue weighted by atomic mass is 35.5. The Labute approximate surface area is 149 Å². The molecule has 0 aromatic heterocycles. The largest absolute Gasteiger partial charge is 0.464 e. The first kappa shape index (κ1) is 18.4. The minimum Gasteiger partial charge on any atom is -0.464 e. The van der Waals surface area contributed by atoms with E-state index in [1.807, 2.05) is 0 Å². The maximum atomic E-state index is 12.9. The number of hydrogen-bond acceptors (Lipinski definition) is 5. The standard InChI is InChI=1S/C15H14Cl2N2O4S/c1-9-4-2-3-5-13(9)24(21,22)15(14(18)19-20)23-12-7-6-10(16)8-11(12)17/h2-8,15,20H,1H3,(H2,18,19). The van der Waals surface area contributed by atoms with Crippen LogP contribution in [0.1, 0.15) is 5.56 Å². The lowest BCUT2D eigenvalue weighted by Gasteiger charge is -2.20. The Hall–Kier alpha value is -1.96. The van der Waals surface area contributed by atoms with Crippen LogP contribution in [-0.4, -0.2) is 24.9 Å². The van der Waals surface area contributed by atoms with Crippen LogP contribution in [0.2, 0.25) is 10.0 Å². The molecule has 9 heteroatoms. The normalized spacial score (nSPS) is 13.5. The summed E-state index contributed by atoms with van der Waals surface area (Å²) in [6.07, 6.45) is 0. The number of benzene rings is 2. The molecule has 0 fully saturated rings. The summed E-state index contributed by atoms with van der Waals surface area (Å²) in [7, 11) is -4.10. The molecule has 0 amide bonds. The van der Waals surface area contributed by atoms with Gasteiger partial charge in [-0.25, -0.2) is 8.42 Å². The fourth-order valence-corrected chi connectivity index (χ4v) is 4.07. The van der Waals surface area contributed by atoms with Gasteiger partial charge in [0.05, 0.1) is 9.92 Å². The van der Waals surface area contributed by atoms with Crippen LogP contribution in [0.3, 0.4) is 0 Å². The third-order valence-electron chi connectivity index (χ3n) is 3.17. The predicted molar refractivity (Wildman–Crippen MR) is 92.7 cm³/mol. The lowest BCUT2D eigenvalue weighted by atomic mass is 10.2. The number of nitrogens with two attached hydrogens (primary N) is 1. The number of oxime groups is 1. The molecule has 128 valence electrons. The summed E-state index contributed by atoms with van der Waals surface area (Å²) >= 11 is 11.8. The number of sulfone groups is 1. The van der Waals surface area contributed by atoms with Crippen molar-refractivity contribution in [3.05, 3.63) is 58.1 Å². The Kier molecular flexibility index (Phi) is 5.58. The van der Waals surface area contributed by atoms with Crippen molar-refractivity contribution in [1.29, 1.82) is 0 Å². The average molecular weight is 389 g/mol. The van der Waals surface area contributed by atoms with Gasteiger partial charge in [0.2, 0.25) is 9.84 Å². The van der Waals surface area contributed by atoms with Gasteiger partial charge >= 0.3 is 0 Å². The van der Waals surface area contributed by atoms with E-state index in [2.05, 4.69) is 5.16 Å². The molecule has 0 saturated carbocycles. The molecule has 1 atom stereocenters. The number of halogens is 2. The Morgan fingerprint density at radius 2 is 1.92 bits per heavy atom. The predicted octanol–water partition coefficient (Wildman–Crippen LogP) is 3.23. The zero-order valence-corrected chi connectivity index (χ0v) is 14.8. The molecule has 0 radical (unpaired) electrons. The smallest absolute Gasteiger partial charge is 0.263 e. The van der Waals surface area contributed by atoms with Crippen LogP contribution in [0.15, 0.2) is 52.5 Å². The topological polar surface area (TPSA) is 102 Å². The summed E-state index contributed by atoms with van der Waals surface area (Å²) in [6.45, 7) is 1.63. The van der Waals surface area contributed by atoms with Crippen molar-refractivity contribution in [2.24, 2.45) is 10.9 Å². The van der Waals surface area contributed by atoms with Crippen LogP contribution >= 0.6 is 23.2 Å². The molecule has 24 heavy (non-hydrogen) atoms. The Balaban J connectivity index is 2.52. The molecule has 0 aliphatic heterocycles. The third-order valence-corrected chi connectivity index (χ3v) is 5.67. The minimum atomic E-state index is -4.10. The summed E-state index contributed by atoms with van der Waals surface area (Å²) in [5, 5.41) is 12.2. The van der Waals surface area contributed by atoms with Crippen molar-refractivity contribution in [1.82, 2.24) is 0 Å². The average Bonchev–Trinajstić information content (AvgIpc) is 2.53. The third kappa shape index (κ3) is 3.75. The summed E-state index contributed by atoms with van der Waals surface area (Å²) in [5.41, 5.74) is 4.30. The Morgan fingerprint density at radius 1 is 1.25 bits per heavy atom. The van der Waals surface area contributed by atoms with E-state index < -0.39 is 21.1 Å². The highest BCUT2D eigenvalue weighted by Crippen LogP contribution is 2.30. The van der Waals surface area contributed by atoms with Gasteiger partial charge in [-0.05, 0) is 36.8 Å². The molecule has 0 saturated heterocycles. The summed E-state index contributed by atoms with van der Waals surface area (Å²) in [6, 6.07) is 10.6. The molecular weight excluding hydrogens is 375 g/mol. The quantitative estimate of drug-likeness (QED) is 0.354. The molecule has 2 rings (SSSR count). The highest BCUT2D eigenvalue weighted by Gasteiger charge is 2.35. The van der Waals surface area contributed by atoms with Gasteiger partial charge in [0.25, 0.3) is 5.44 Å². The van der Waals surface area contributed by atoms with Crippen LogP contribution in [0.25, 0.3) is 0 Å². The number of ether oxygens (including phenoxy) is 1. The second-order valence-corrected chi connectivity index (χ2v) is 7.66. The van der Waals surface area contributed by atoms with Gasteiger partial charge in [-0.3, -0.25) is 0 Å². The van der Waals surface area contributed by atoms with Crippen LogP contribution < -0.4 is 10.5 Å². The fraction of sp³-hybridized carbons (Fsp3) is 0.133. The lowest BCUT2D eigenvalue weighted by molar-refractivity contribution is 0.293. The number of hydrogen-bond donors (Lipinski definition) is 2. The zero-order chi connectivity index (χ0) is 17.9. The molecule has 0 aliphatic rings. The van der Waals surface area contributed by atoms with Crippen LogP contribution in [0, 0.1) is 6.92 Å². The van der Waals surface area contributed by atoms with Crippen molar-refractivity contribution >= 4 is 38.9 Å². The first-order valence-corrected chi connectivity index (χ1v) is 8.96. The summed E-state index contributed by atoms with van der Waals surface area (Å²) in [4.78, 5) is 0.00619. The fourth-order valence-electron chi connectivity index (χ4n) is 2.01. The van der Waals surface area contributed by atoms with E-state index >= 15 is 0 Å². The van der Waals surface area contributed by atoms with Crippen molar-refractivity contribution in [3.63, 3.8) is 0 Å². The van der Waals surface area contributed by atoms with E-state index in [1.165, 1.54) is 24.3 Å². The second kappa shape index (κ2) is 7.29. The van der Waals surface area contributed by atoms with Crippen LogP contribution in [0.5, 0.6) is 5.75 Å². The van der Waals surface area contributed by atoms with Gasteiger partial charge in [-0.15, -0.1) is 0 Å². The van der Waals surface area contributed by atoms with Crippen LogP contribution in [0.4, 0.5) is 0 Å². The number of aryl methyl sites for hydroxylation is 1. The monoisotopic (exact) mass is 388 g/mol. The van der Waals surface area contributed by atoms with Crippen molar-refractivity contribution in [2.75, 3.05) is 0 Å². The molecule has 0 heterocycles. The SMILES string of the molecule is Cc1ccccc1S(=O)(=O)C(Oc1ccc(Cl)cc1Cl)C(N)=NO. The van der Waals surface area contributed by atoms with E-state index in [0.717, 1.165) is 0 Å². The van der Waals surface area contributed by atoms with Gasteiger partial charge in [-0.1, -0.05) is 46.6 Å². The minimum absolute atomic E-state index is 0.00619. The summed E-state index contributed by atoms with van der Waals surface area (Å²) < 4.78 is 31.2. The van der Waals surface area contributed by atoms with E-state index in [9.17, 15) is 8.42 Å². The maximum absolute atomic E-state index is 12.9. The Bertz CT molecular complexity index is 885. The molecule has 6 nitrogen and oxygen atoms in total. The molecule has 0 aliphatic carbocycles. The van der Waals surface area contributed by atoms with Crippen molar-refractivity contribution in [3.8, 4) is 5.75 Å². The molecule has 2 aromatic rings. The van der Waals surface area contributed by atoms with Gasteiger partial charge < -0.3 is 15.7 Å². The zero-order valence-electron chi connectivity index (χ0n) is 12.5. The summed E-state index contributed by atoms with van der Waals surface area (Å²) in [5.74, 6) is -0.584. The van der Waals surface area contributed by atoms with E-state index in [0.29, 0.717) is 10.6 Å². The van der Waals surface area contributed by atoms with Crippen LogP contribution in [-0.2, 0) is 9.84 Å². The molecule has 2 aromatic carbocycles.